The zero-order chi connectivity index (χ0) is 14.1. The van der Waals surface area contributed by atoms with Crippen molar-refractivity contribution >= 4 is 28.1 Å². The third-order valence-electron chi connectivity index (χ3n) is 3.24. The largest absolute Gasteiger partial charge is 0.313 e. The number of hydrogen-bond acceptors (Lipinski definition) is 6. The summed E-state index contributed by atoms with van der Waals surface area (Å²) in [7, 11) is 0. The van der Waals surface area contributed by atoms with Crippen LogP contribution in [0.1, 0.15) is 17.7 Å². The highest BCUT2D eigenvalue weighted by molar-refractivity contribution is 7.10. The van der Waals surface area contributed by atoms with Gasteiger partial charge in [-0.3, -0.25) is 4.79 Å². The first-order valence-corrected chi connectivity index (χ1v) is 6.83. The van der Waals surface area contributed by atoms with Crippen molar-refractivity contribution in [3.05, 3.63) is 35.3 Å². The predicted octanol–water partition coefficient (Wildman–Crippen LogP) is 1.44. The summed E-state index contributed by atoms with van der Waals surface area (Å²) < 4.78 is 17.2. The van der Waals surface area contributed by atoms with Crippen LogP contribution in [-0.2, 0) is 17.8 Å². The van der Waals surface area contributed by atoms with Gasteiger partial charge in [-0.25, -0.2) is 10.2 Å². The lowest BCUT2D eigenvalue weighted by molar-refractivity contribution is -0.119. The quantitative estimate of drug-likeness (QED) is 0.661. The molecule has 0 atom stereocenters. The zero-order valence-corrected chi connectivity index (χ0v) is 11.3. The molecule has 0 aliphatic carbocycles. The van der Waals surface area contributed by atoms with Crippen LogP contribution in [0, 0.1) is 5.82 Å². The minimum Gasteiger partial charge on any atom is -0.313 e. The molecule has 3 rings (SSSR count). The third kappa shape index (κ3) is 2.23. The Morgan fingerprint density at radius 3 is 3.10 bits per heavy atom. The van der Waals surface area contributed by atoms with E-state index in [-0.39, 0.29) is 18.3 Å². The van der Waals surface area contributed by atoms with E-state index in [4.69, 9.17) is 5.84 Å². The summed E-state index contributed by atoms with van der Waals surface area (Å²) in [6, 6.07) is 4.50. The van der Waals surface area contributed by atoms with Gasteiger partial charge in [0.25, 0.3) is 0 Å². The van der Waals surface area contributed by atoms with Gasteiger partial charge in [0.1, 0.15) is 16.5 Å². The number of carbonyl (C=O) groups excluding carboxylic acids is 1. The Morgan fingerprint density at radius 1 is 1.45 bits per heavy atom. The number of anilines is 2. The van der Waals surface area contributed by atoms with Crippen molar-refractivity contribution in [1.29, 1.82) is 0 Å². The number of carbonyl (C=O) groups is 1. The first kappa shape index (κ1) is 12.9. The molecule has 1 aromatic carbocycles. The maximum atomic E-state index is 13.4. The Hall–Kier alpha value is -2.06. The number of nitrogen functional groups attached to an aromatic ring is 1. The molecule has 104 valence electrons. The lowest BCUT2D eigenvalue weighted by Gasteiger charge is -2.29. The summed E-state index contributed by atoms with van der Waals surface area (Å²) in [5.74, 6) is 4.95. The van der Waals surface area contributed by atoms with Crippen LogP contribution in [0.3, 0.4) is 0 Å². The minimum absolute atomic E-state index is 0.0564. The normalized spacial score (nSPS) is 14.3. The highest BCUT2D eigenvalue weighted by Crippen LogP contribution is 2.31. The monoisotopic (exact) mass is 293 g/mol. The van der Waals surface area contributed by atoms with Crippen molar-refractivity contribution in [2.24, 2.45) is 5.84 Å². The lowest BCUT2D eigenvalue weighted by atomic mass is 10.0. The molecule has 1 aromatic heterocycles. The fourth-order valence-corrected chi connectivity index (χ4v) is 2.74. The van der Waals surface area contributed by atoms with E-state index in [1.807, 2.05) is 0 Å². The van der Waals surface area contributed by atoms with E-state index in [0.717, 1.165) is 17.1 Å². The van der Waals surface area contributed by atoms with Crippen LogP contribution in [0.2, 0.25) is 0 Å². The number of benzene rings is 1. The molecule has 8 heteroatoms. The third-order valence-corrected chi connectivity index (χ3v) is 3.94. The number of aromatic nitrogens is 2. The summed E-state index contributed by atoms with van der Waals surface area (Å²) in [6.07, 6.45) is 1.03. The van der Waals surface area contributed by atoms with Gasteiger partial charge in [-0.05, 0) is 24.1 Å². The van der Waals surface area contributed by atoms with Gasteiger partial charge in [0.2, 0.25) is 5.91 Å². The minimum atomic E-state index is -0.364. The molecule has 2 heterocycles. The first-order chi connectivity index (χ1) is 9.69. The number of nitrogens with zero attached hydrogens (tertiary/aromatic N) is 3. The average Bonchev–Trinajstić information content (AvgIpc) is 2.89. The number of hydrazine groups is 1. The van der Waals surface area contributed by atoms with Crippen LogP contribution in [-0.4, -0.2) is 15.5 Å². The van der Waals surface area contributed by atoms with E-state index < -0.39 is 0 Å². The van der Waals surface area contributed by atoms with Gasteiger partial charge in [-0.2, -0.15) is 0 Å². The highest BCUT2D eigenvalue weighted by atomic mass is 32.1. The Kier molecular flexibility index (Phi) is 3.33. The van der Waals surface area contributed by atoms with Gasteiger partial charge in [0, 0.05) is 18.0 Å². The molecule has 0 fully saturated rings. The van der Waals surface area contributed by atoms with Crippen LogP contribution in [0.15, 0.2) is 18.2 Å². The average molecular weight is 293 g/mol. The van der Waals surface area contributed by atoms with Crippen molar-refractivity contribution in [1.82, 2.24) is 9.59 Å². The molecule has 0 bridgehead atoms. The van der Waals surface area contributed by atoms with Crippen LogP contribution >= 0.6 is 11.5 Å². The lowest BCUT2D eigenvalue weighted by Crippen LogP contribution is -2.35. The second-order valence-electron chi connectivity index (χ2n) is 4.45. The number of halogens is 1. The Bertz CT molecular complexity index is 659. The molecular weight excluding hydrogens is 281 g/mol. The van der Waals surface area contributed by atoms with Gasteiger partial charge in [-0.1, -0.05) is 10.6 Å². The van der Waals surface area contributed by atoms with Gasteiger partial charge >= 0.3 is 0 Å². The second-order valence-corrected chi connectivity index (χ2v) is 5.20. The number of nitrogens with one attached hydrogen (secondary N) is 1. The molecule has 0 saturated heterocycles. The van der Waals surface area contributed by atoms with Crippen molar-refractivity contribution in [2.75, 3.05) is 10.3 Å². The summed E-state index contributed by atoms with van der Waals surface area (Å²) in [5, 5.41) is 4.55. The Labute approximate surface area is 118 Å². The van der Waals surface area contributed by atoms with Crippen molar-refractivity contribution in [3.63, 3.8) is 0 Å². The van der Waals surface area contributed by atoms with Crippen LogP contribution in [0.4, 0.5) is 15.1 Å². The first-order valence-electron chi connectivity index (χ1n) is 6.05. The fraction of sp³-hybridized carbons (Fsp3) is 0.250. The van der Waals surface area contributed by atoms with Crippen molar-refractivity contribution < 1.29 is 9.18 Å². The molecule has 1 amide bonds. The summed E-state index contributed by atoms with van der Waals surface area (Å²) in [5.41, 5.74) is 4.62. The molecule has 0 spiro atoms. The van der Waals surface area contributed by atoms with Crippen LogP contribution in [0.5, 0.6) is 0 Å². The molecule has 1 aliphatic rings. The van der Waals surface area contributed by atoms with Gasteiger partial charge in [-0.15, -0.1) is 5.10 Å². The standard InChI is InChI=1S/C12H12FN5OS/c13-8-3-1-7-2-4-11(19)18(10(7)5-8)6-9-12(15-14)20-17-16-9/h1,3,5,15H,2,4,6,14H2. The maximum Gasteiger partial charge on any atom is 0.227 e. The number of aryl methyl sites for hydroxylation is 1. The van der Waals surface area contributed by atoms with Crippen LogP contribution < -0.4 is 16.2 Å². The number of amides is 1. The van der Waals surface area contributed by atoms with E-state index in [0.29, 0.717) is 29.2 Å². The number of nitrogens with two attached hydrogens (primary N) is 1. The van der Waals surface area contributed by atoms with E-state index in [2.05, 4.69) is 15.0 Å². The van der Waals surface area contributed by atoms with E-state index >= 15 is 0 Å². The highest BCUT2D eigenvalue weighted by Gasteiger charge is 2.26. The fourth-order valence-electron chi connectivity index (χ4n) is 2.26. The zero-order valence-electron chi connectivity index (χ0n) is 10.5. The van der Waals surface area contributed by atoms with E-state index in [1.54, 1.807) is 6.07 Å². The second kappa shape index (κ2) is 5.14. The Morgan fingerprint density at radius 2 is 2.30 bits per heavy atom. The SMILES string of the molecule is NNc1snnc1CN1C(=O)CCc2ccc(F)cc21. The van der Waals surface area contributed by atoms with Crippen LogP contribution in [0.25, 0.3) is 0 Å². The van der Waals surface area contributed by atoms with Gasteiger partial charge < -0.3 is 10.3 Å². The van der Waals surface area contributed by atoms with Crippen molar-refractivity contribution in [3.8, 4) is 0 Å². The molecule has 2 aromatic rings. The topological polar surface area (TPSA) is 84.1 Å². The molecular formula is C12H12FN5OS. The van der Waals surface area contributed by atoms with E-state index in [1.165, 1.54) is 17.0 Å². The maximum absolute atomic E-state index is 13.4. The molecule has 20 heavy (non-hydrogen) atoms. The molecule has 0 unspecified atom stereocenters. The molecule has 6 nitrogen and oxygen atoms in total. The molecule has 3 N–H and O–H groups in total. The summed E-state index contributed by atoms with van der Waals surface area (Å²) >= 11 is 1.11. The molecule has 0 radical (unpaired) electrons. The van der Waals surface area contributed by atoms with Gasteiger partial charge in [0.05, 0.1) is 12.2 Å². The summed E-state index contributed by atoms with van der Waals surface area (Å²) in [4.78, 5) is 13.6. The Balaban J connectivity index is 1.97. The molecule has 1 aliphatic heterocycles. The number of rotatable bonds is 3. The van der Waals surface area contributed by atoms with Gasteiger partial charge in [0.15, 0.2) is 0 Å². The number of hydrogen-bond donors (Lipinski definition) is 2. The smallest absolute Gasteiger partial charge is 0.227 e. The number of fused-ring (bicyclic) bond motifs is 1. The summed E-state index contributed by atoms with van der Waals surface area (Å²) in [6.45, 7) is 0.228. The van der Waals surface area contributed by atoms with Crippen molar-refractivity contribution in [2.45, 2.75) is 19.4 Å². The van der Waals surface area contributed by atoms with E-state index in [9.17, 15) is 9.18 Å². The molecule has 0 saturated carbocycles. The predicted molar refractivity (Wildman–Crippen MR) is 73.6 cm³/mol.